The minimum atomic E-state index is -0.884. The lowest BCUT2D eigenvalue weighted by Gasteiger charge is -2.09. The van der Waals surface area contributed by atoms with Crippen molar-refractivity contribution in [1.29, 1.82) is 0 Å². The number of benzene rings is 3. The molecule has 0 spiro atoms. The van der Waals surface area contributed by atoms with Crippen molar-refractivity contribution in [2.45, 2.75) is 29.6 Å². The van der Waals surface area contributed by atoms with E-state index >= 15 is 0 Å². The fraction of sp³-hybridized carbons (Fsp3) is 0.148. The van der Waals surface area contributed by atoms with Crippen LogP contribution in [0.1, 0.15) is 16.8 Å². The second-order valence-electron chi connectivity index (χ2n) is 7.88. The van der Waals surface area contributed by atoms with Gasteiger partial charge in [-0.1, -0.05) is 53.3 Å². The highest BCUT2D eigenvalue weighted by molar-refractivity contribution is 7.99. The van der Waals surface area contributed by atoms with E-state index < -0.39 is 12.1 Å². The largest absolute Gasteiger partial charge is 0.481 e. The van der Waals surface area contributed by atoms with Crippen LogP contribution in [0.4, 0.5) is 14.9 Å². The summed E-state index contributed by atoms with van der Waals surface area (Å²) in [6.45, 7) is 1.72. The predicted octanol–water partition coefficient (Wildman–Crippen LogP) is 6.36. The first kappa shape index (κ1) is 25.0. The number of aliphatic carboxylic acids is 1. The van der Waals surface area contributed by atoms with Crippen molar-refractivity contribution in [2.24, 2.45) is 0 Å². The molecule has 0 atom stereocenters. The zero-order valence-corrected chi connectivity index (χ0v) is 20.2. The molecule has 0 bridgehead atoms. The lowest BCUT2D eigenvalue weighted by atomic mass is 10.1. The molecule has 1 heterocycles. The van der Waals surface area contributed by atoms with Crippen LogP contribution >= 0.6 is 11.8 Å². The van der Waals surface area contributed by atoms with Crippen LogP contribution in [0.25, 0.3) is 11.3 Å². The molecular weight excluding hydrogens is 483 g/mol. The van der Waals surface area contributed by atoms with Crippen LogP contribution in [0, 0.1) is 12.7 Å². The number of aryl methyl sites for hydroxylation is 1. The number of hydrogen-bond donors (Lipinski definition) is 2. The smallest absolute Gasteiger partial charge is 0.411 e. The van der Waals surface area contributed by atoms with Crippen molar-refractivity contribution >= 4 is 29.5 Å². The standard InChI is InChI=1S/C27H23FN2O5S/c1-17-25(29-27(33)34-15-14-18-6-2-4-8-22(18)28)26(35-30-17)19-10-12-21(13-11-19)36-23-9-5-3-7-20(23)16-24(31)32/h2-13H,14-16H2,1H3,(H,29,33)(H,31,32). The average Bonchev–Trinajstić information content (AvgIpc) is 3.21. The second-order valence-corrected chi connectivity index (χ2v) is 8.99. The molecule has 4 aromatic rings. The van der Waals surface area contributed by atoms with Crippen molar-refractivity contribution < 1.29 is 28.3 Å². The number of anilines is 1. The van der Waals surface area contributed by atoms with Crippen LogP contribution in [0.2, 0.25) is 0 Å². The van der Waals surface area contributed by atoms with Crippen molar-refractivity contribution in [3.8, 4) is 11.3 Å². The number of rotatable bonds is 9. The van der Waals surface area contributed by atoms with Crippen LogP contribution in [-0.2, 0) is 22.4 Å². The highest BCUT2D eigenvalue weighted by Gasteiger charge is 2.18. The third kappa shape index (κ3) is 6.31. The number of carboxylic acids is 1. The van der Waals surface area contributed by atoms with Crippen LogP contribution in [0.5, 0.6) is 0 Å². The van der Waals surface area contributed by atoms with E-state index in [1.807, 2.05) is 42.5 Å². The number of halogens is 1. The van der Waals surface area contributed by atoms with E-state index in [1.165, 1.54) is 17.8 Å². The summed E-state index contributed by atoms with van der Waals surface area (Å²) >= 11 is 1.46. The molecular formula is C27H23FN2O5S. The Morgan fingerprint density at radius 1 is 1.03 bits per heavy atom. The lowest BCUT2D eigenvalue weighted by molar-refractivity contribution is -0.136. The molecule has 0 fully saturated rings. The van der Waals surface area contributed by atoms with E-state index in [0.717, 1.165) is 15.4 Å². The van der Waals surface area contributed by atoms with Gasteiger partial charge < -0.3 is 14.4 Å². The van der Waals surface area contributed by atoms with Gasteiger partial charge in [0.15, 0.2) is 5.76 Å². The van der Waals surface area contributed by atoms with Crippen LogP contribution in [0.15, 0.2) is 87.1 Å². The lowest BCUT2D eigenvalue weighted by Crippen LogP contribution is -2.16. The summed E-state index contributed by atoms with van der Waals surface area (Å²) in [4.78, 5) is 25.3. The molecule has 184 valence electrons. The molecule has 2 N–H and O–H groups in total. The average molecular weight is 507 g/mol. The van der Waals surface area contributed by atoms with Crippen molar-refractivity contribution in [3.05, 3.63) is 95.4 Å². The molecule has 1 aromatic heterocycles. The molecule has 4 rings (SSSR count). The van der Waals surface area contributed by atoms with Gasteiger partial charge in [-0.15, -0.1) is 0 Å². The van der Waals surface area contributed by atoms with Crippen LogP contribution in [-0.4, -0.2) is 28.9 Å². The molecule has 9 heteroatoms. The minimum Gasteiger partial charge on any atom is -0.481 e. The number of amides is 1. The summed E-state index contributed by atoms with van der Waals surface area (Å²) in [5.41, 5.74) is 2.77. The van der Waals surface area contributed by atoms with Crippen LogP contribution < -0.4 is 5.32 Å². The molecule has 0 radical (unpaired) electrons. The quantitative estimate of drug-likeness (QED) is 0.272. The normalized spacial score (nSPS) is 10.7. The zero-order chi connectivity index (χ0) is 25.5. The Balaban J connectivity index is 1.41. The SMILES string of the molecule is Cc1noc(-c2ccc(Sc3ccccc3CC(=O)O)cc2)c1NC(=O)OCCc1ccccc1F. The minimum absolute atomic E-state index is 0.0156. The Labute approximate surface area is 211 Å². The van der Waals surface area contributed by atoms with Gasteiger partial charge in [-0.3, -0.25) is 10.1 Å². The van der Waals surface area contributed by atoms with E-state index in [-0.39, 0.29) is 25.3 Å². The monoisotopic (exact) mass is 506 g/mol. The fourth-order valence-electron chi connectivity index (χ4n) is 3.52. The summed E-state index contributed by atoms with van der Waals surface area (Å²) in [5.74, 6) is -0.850. The fourth-order valence-corrected chi connectivity index (χ4v) is 4.46. The number of hydrogen-bond acceptors (Lipinski definition) is 6. The van der Waals surface area contributed by atoms with Gasteiger partial charge in [0.25, 0.3) is 0 Å². The Hall–Kier alpha value is -4.11. The van der Waals surface area contributed by atoms with Gasteiger partial charge in [-0.05, 0) is 54.4 Å². The predicted molar refractivity (Wildman–Crippen MR) is 134 cm³/mol. The Morgan fingerprint density at radius 3 is 2.44 bits per heavy atom. The zero-order valence-electron chi connectivity index (χ0n) is 19.4. The molecule has 36 heavy (non-hydrogen) atoms. The molecule has 0 unspecified atom stereocenters. The summed E-state index contributed by atoms with van der Waals surface area (Å²) in [6.07, 6.45) is -0.491. The van der Waals surface area contributed by atoms with Crippen molar-refractivity contribution in [3.63, 3.8) is 0 Å². The number of nitrogens with zero attached hydrogens (tertiary/aromatic N) is 1. The van der Waals surface area contributed by atoms with E-state index in [2.05, 4.69) is 10.5 Å². The molecule has 1 amide bonds. The maximum Gasteiger partial charge on any atom is 0.411 e. The second kappa shape index (κ2) is 11.5. The van der Waals surface area contributed by atoms with Gasteiger partial charge in [0.05, 0.1) is 13.0 Å². The molecule has 7 nitrogen and oxygen atoms in total. The maximum absolute atomic E-state index is 13.7. The summed E-state index contributed by atoms with van der Waals surface area (Å²) in [5, 5.41) is 15.8. The van der Waals surface area contributed by atoms with Gasteiger partial charge in [0, 0.05) is 21.8 Å². The molecule has 0 aliphatic heterocycles. The number of ether oxygens (including phenoxy) is 1. The number of nitrogens with one attached hydrogen (secondary N) is 1. The topological polar surface area (TPSA) is 102 Å². The number of carbonyl (C=O) groups is 2. The molecule has 0 aliphatic rings. The summed E-state index contributed by atoms with van der Waals surface area (Å²) in [7, 11) is 0. The highest BCUT2D eigenvalue weighted by atomic mass is 32.2. The molecule has 0 saturated heterocycles. The van der Waals surface area contributed by atoms with E-state index in [1.54, 1.807) is 31.2 Å². The first-order valence-electron chi connectivity index (χ1n) is 11.1. The summed E-state index contributed by atoms with van der Waals surface area (Å²) in [6, 6.07) is 21.1. The maximum atomic E-state index is 13.7. The third-order valence-corrected chi connectivity index (χ3v) is 6.44. The van der Waals surface area contributed by atoms with Crippen molar-refractivity contribution in [1.82, 2.24) is 5.16 Å². The van der Waals surface area contributed by atoms with Crippen molar-refractivity contribution in [2.75, 3.05) is 11.9 Å². The van der Waals surface area contributed by atoms with Gasteiger partial charge in [-0.25, -0.2) is 9.18 Å². The van der Waals surface area contributed by atoms with Gasteiger partial charge in [0.1, 0.15) is 17.2 Å². The van der Waals surface area contributed by atoms with E-state index in [4.69, 9.17) is 14.4 Å². The third-order valence-electron chi connectivity index (χ3n) is 5.31. The number of carboxylic acid groups (broad SMARTS) is 1. The van der Waals surface area contributed by atoms with E-state index in [0.29, 0.717) is 28.3 Å². The first-order chi connectivity index (χ1) is 17.4. The number of carbonyl (C=O) groups excluding carboxylic acids is 1. The molecule has 0 saturated carbocycles. The molecule has 0 aliphatic carbocycles. The van der Waals surface area contributed by atoms with Gasteiger partial charge in [-0.2, -0.15) is 0 Å². The van der Waals surface area contributed by atoms with Gasteiger partial charge in [0.2, 0.25) is 0 Å². The summed E-state index contributed by atoms with van der Waals surface area (Å²) < 4.78 is 24.4. The van der Waals surface area contributed by atoms with Gasteiger partial charge >= 0.3 is 12.1 Å². The molecule has 3 aromatic carbocycles. The highest BCUT2D eigenvalue weighted by Crippen LogP contribution is 2.35. The van der Waals surface area contributed by atoms with E-state index in [9.17, 15) is 14.0 Å². The number of aromatic nitrogens is 1. The Morgan fingerprint density at radius 2 is 1.72 bits per heavy atom. The first-order valence-corrected chi connectivity index (χ1v) is 11.9. The van der Waals surface area contributed by atoms with Crippen LogP contribution in [0.3, 0.4) is 0 Å². The Bertz CT molecular complexity index is 1370. The Kier molecular flexibility index (Phi) is 8.02.